The molecule has 0 aliphatic carbocycles. The van der Waals surface area contributed by atoms with Crippen LogP contribution in [0.3, 0.4) is 0 Å². The molecule has 0 rings (SSSR count). The van der Waals surface area contributed by atoms with E-state index < -0.39 is 12.2 Å². The van der Waals surface area contributed by atoms with E-state index in [-0.39, 0.29) is 0 Å². The van der Waals surface area contributed by atoms with Crippen LogP contribution in [0.4, 0.5) is 4.79 Å². The van der Waals surface area contributed by atoms with Gasteiger partial charge in [-0.25, -0.2) is 4.79 Å². The maximum absolute atomic E-state index is 10.3. The molecule has 6 nitrogen and oxygen atoms in total. The topological polar surface area (TPSA) is 80.9 Å². The molecule has 0 saturated carbocycles. The van der Waals surface area contributed by atoms with E-state index in [0.29, 0.717) is 0 Å². The molecule has 60 valence electrons. The predicted octanol–water partition coefficient (Wildman–Crippen LogP) is 0.253. The average Bonchev–Trinajstić information content (AvgIpc) is 2.03. The average molecular weight is 158 g/mol. The molecule has 0 aromatic carbocycles. The van der Waals surface area contributed by atoms with E-state index in [1.54, 1.807) is 0 Å². The van der Waals surface area contributed by atoms with Gasteiger partial charge in [-0.15, -0.1) is 0 Å². The number of nitriles is 1. The van der Waals surface area contributed by atoms with Crippen molar-refractivity contribution in [2.24, 2.45) is 4.99 Å². The second kappa shape index (κ2) is 5.05. The van der Waals surface area contributed by atoms with Crippen molar-refractivity contribution in [2.45, 2.75) is 0 Å². The Balaban J connectivity index is 4.01. The van der Waals surface area contributed by atoms with Gasteiger partial charge in [-0.1, -0.05) is 4.99 Å². The zero-order chi connectivity index (χ0) is 8.69. The molecule has 0 aliphatic heterocycles. The third-order valence-electron chi connectivity index (χ3n) is 0.653. The van der Waals surface area contributed by atoms with Gasteiger partial charge in [0.05, 0.1) is 14.2 Å². The minimum absolute atomic E-state index is 0.445. The molecule has 0 atom stereocenters. The van der Waals surface area contributed by atoms with Crippen molar-refractivity contribution in [3.05, 3.63) is 0 Å². The number of nitrogens with zero attached hydrogens (tertiary/aromatic N) is 2. The number of carbonyl (C=O) groups excluding carboxylic acids is 1. The molecular weight excluding hydrogens is 152 g/mol. The van der Waals surface area contributed by atoms with Crippen LogP contribution in [0.2, 0.25) is 0 Å². The van der Waals surface area contributed by atoms with Crippen LogP contribution >= 0.6 is 0 Å². The molecule has 0 aliphatic rings. The predicted molar refractivity (Wildman–Crippen MR) is 33.5 cm³/mol. The molecule has 0 aromatic rings. The van der Waals surface area contributed by atoms with Crippen molar-refractivity contribution in [1.29, 1.82) is 5.26 Å². The molecule has 0 radical (unpaired) electrons. The van der Waals surface area contributed by atoms with Gasteiger partial charge >= 0.3 is 12.2 Å². The van der Waals surface area contributed by atoms with Crippen LogP contribution in [-0.4, -0.2) is 26.5 Å². The van der Waals surface area contributed by atoms with E-state index in [1.165, 1.54) is 13.3 Å². The highest BCUT2D eigenvalue weighted by molar-refractivity contribution is 5.80. The van der Waals surface area contributed by atoms with E-state index in [9.17, 15) is 4.79 Å². The minimum Gasteiger partial charge on any atom is -0.453 e. The molecule has 0 saturated heterocycles. The van der Waals surface area contributed by atoms with Crippen LogP contribution in [-0.2, 0) is 14.2 Å². The number of carbonyl (C=O) groups is 1. The van der Waals surface area contributed by atoms with E-state index in [2.05, 4.69) is 19.2 Å². The summed E-state index contributed by atoms with van der Waals surface area (Å²) in [5.41, 5.74) is 0. The Labute approximate surface area is 63.0 Å². The Bertz CT molecular complexity index is 205. The lowest BCUT2D eigenvalue weighted by atomic mass is 11.1. The summed E-state index contributed by atoms with van der Waals surface area (Å²) in [7, 11) is 2.33. The van der Waals surface area contributed by atoms with Crippen LogP contribution in [0.25, 0.3) is 0 Å². The summed E-state index contributed by atoms with van der Waals surface area (Å²) in [4.78, 5) is 13.3. The Morgan fingerprint density at radius 1 is 1.45 bits per heavy atom. The third kappa shape index (κ3) is 3.75. The molecule has 0 fully saturated rings. The van der Waals surface area contributed by atoms with E-state index in [0.717, 1.165) is 7.11 Å². The summed E-state index contributed by atoms with van der Waals surface area (Å²) in [5.74, 6) is 0. The smallest absolute Gasteiger partial charge is 0.453 e. The number of methoxy groups -OCH3 is 2. The van der Waals surface area contributed by atoms with Crippen molar-refractivity contribution in [2.75, 3.05) is 14.2 Å². The molecule has 0 spiro atoms. The molecule has 0 N–H and O–H groups in total. The van der Waals surface area contributed by atoms with E-state index in [4.69, 9.17) is 5.26 Å². The lowest BCUT2D eigenvalue weighted by Crippen LogP contribution is -2.13. The van der Waals surface area contributed by atoms with E-state index in [1.807, 2.05) is 0 Å². The second-order valence-corrected chi connectivity index (χ2v) is 1.24. The Hall–Kier alpha value is -1.77. The quantitative estimate of drug-likeness (QED) is 0.218. The third-order valence-corrected chi connectivity index (χ3v) is 0.653. The first-order valence-corrected chi connectivity index (χ1v) is 2.51. The van der Waals surface area contributed by atoms with Crippen LogP contribution in [0.5, 0.6) is 0 Å². The minimum atomic E-state index is -0.985. The lowest BCUT2D eigenvalue weighted by molar-refractivity contribution is 0.102. The van der Waals surface area contributed by atoms with E-state index >= 15 is 0 Å². The zero-order valence-electron chi connectivity index (χ0n) is 6.03. The largest absolute Gasteiger partial charge is 0.517 e. The summed E-state index contributed by atoms with van der Waals surface area (Å²) in [6.45, 7) is 0. The fourth-order valence-corrected chi connectivity index (χ4v) is 0.264. The van der Waals surface area contributed by atoms with Crippen LogP contribution < -0.4 is 0 Å². The Morgan fingerprint density at radius 2 is 2.09 bits per heavy atom. The summed E-state index contributed by atoms with van der Waals surface area (Å²) in [6, 6.07) is 0. The van der Waals surface area contributed by atoms with Gasteiger partial charge in [0.15, 0.2) is 0 Å². The van der Waals surface area contributed by atoms with Gasteiger partial charge in [0, 0.05) is 0 Å². The van der Waals surface area contributed by atoms with Gasteiger partial charge in [-0.05, 0) is 0 Å². The molecule has 0 amide bonds. The van der Waals surface area contributed by atoms with Crippen LogP contribution in [0.1, 0.15) is 0 Å². The highest BCUT2D eigenvalue weighted by Crippen LogP contribution is 1.87. The summed E-state index contributed by atoms with van der Waals surface area (Å²) in [6.07, 6.45) is -0.0520. The van der Waals surface area contributed by atoms with Gasteiger partial charge in [0.1, 0.15) is 0 Å². The number of rotatable bonds is 0. The summed E-state index contributed by atoms with van der Waals surface area (Å²) in [5, 5.41) is 8.00. The van der Waals surface area contributed by atoms with Gasteiger partial charge in [0.2, 0.25) is 6.19 Å². The van der Waals surface area contributed by atoms with Crippen molar-refractivity contribution in [3.63, 3.8) is 0 Å². The standard InChI is InChI=1S/C5H6N2O4/c1-9-4(7-3-6)11-5(8)10-2/h1-2H3. The zero-order valence-corrected chi connectivity index (χ0v) is 6.03. The van der Waals surface area contributed by atoms with Gasteiger partial charge in [0.25, 0.3) is 0 Å². The molecule has 0 aromatic heterocycles. The lowest BCUT2D eigenvalue weighted by Gasteiger charge is -2.00. The number of ether oxygens (including phenoxy) is 3. The summed E-state index contributed by atoms with van der Waals surface area (Å²) < 4.78 is 12.7. The first-order chi connectivity index (χ1) is 5.24. The molecule has 0 bridgehead atoms. The maximum Gasteiger partial charge on any atom is 0.517 e. The normalized spacial score (nSPS) is 9.73. The molecular formula is C5H6N2O4. The molecule has 6 heteroatoms. The Kier molecular flexibility index (Phi) is 4.24. The Morgan fingerprint density at radius 3 is 2.45 bits per heavy atom. The van der Waals surface area contributed by atoms with Crippen molar-refractivity contribution in [3.8, 4) is 6.19 Å². The van der Waals surface area contributed by atoms with Gasteiger partial charge in [-0.3, -0.25) is 0 Å². The number of aliphatic imine (C=N–C) groups is 1. The monoisotopic (exact) mass is 158 g/mol. The van der Waals surface area contributed by atoms with Crippen molar-refractivity contribution >= 4 is 12.2 Å². The maximum atomic E-state index is 10.3. The van der Waals surface area contributed by atoms with Crippen LogP contribution in [0.15, 0.2) is 4.99 Å². The number of hydrogen-bond acceptors (Lipinski definition) is 6. The first kappa shape index (κ1) is 9.23. The molecule has 11 heavy (non-hydrogen) atoms. The fraction of sp³-hybridized carbons (Fsp3) is 0.400. The van der Waals surface area contributed by atoms with Crippen molar-refractivity contribution < 1.29 is 19.0 Å². The summed E-state index contributed by atoms with van der Waals surface area (Å²) >= 11 is 0. The highest BCUT2D eigenvalue weighted by atomic mass is 16.8. The van der Waals surface area contributed by atoms with Crippen molar-refractivity contribution in [1.82, 2.24) is 0 Å². The molecule has 0 unspecified atom stereocenters. The highest BCUT2D eigenvalue weighted by Gasteiger charge is 2.07. The first-order valence-electron chi connectivity index (χ1n) is 2.51. The SMILES string of the molecule is COC(=O)OC(=NC#N)OC. The fourth-order valence-electron chi connectivity index (χ4n) is 0.264. The van der Waals surface area contributed by atoms with Gasteiger partial charge < -0.3 is 14.2 Å². The van der Waals surface area contributed by atoms with Crippen LogP contribution in [0, 0.1) is 11.5 Å². The molecule has 0 heterocycles. The number of hydrogen-bond donors (Lipinski definition) is 0. The second-order valence-electron chi connectivity index (χ2n) is 1.24. The van der Waals surface area contributed by atoms with Gasteiger partial charge in [-0.2, -0.15) is 5.26 Å².